The Bertz CT molecular complexity index is 449. The molecule has 0 heterocycles. The monoisotopic (exact) mass is 220 g/mol. The fraction of sp³-hybridized carbons (Fsp3) is 0.308. The number of benzene rings is 1. The predicted molar refractivity (Wildman–Crippen MR) is 59.2 cm³/mol. The summed E-state index contributed by atoms with van der Waals surface area (Å²) in [5, 5.41) is 0. The summed E-state index contributed by atoms with van der Waals surface area (Å²) < 4.78 is 18.2. The van der Waals surface area contributed by atoms with E-state index in [1.54, 1.807) is 6.07 Å². The second-order valence-corrected chi connectivity index (χ2v) is 3.80. The first kappa shape index (κ1) is 10.9. The Morgan fingerprint density at radius 1 is 1.44 bits per heavy atom. The number of hydrogen-bond donors (Lipinski definition) is 0. The van der Waals surface area contributed by atoms with E-state index in [1.165, 1.54) is 19.2 Å². The standard InChI is InChI=1S/C13H13FO2/c1-16-12-7-6-10(8-11(12)14)13(15)9-4-2-3-5-9/h4,6-8H,2-3,5H2,1H3. The number of carbonyl (C=O) groups is 1. The lowest BCUT2D eigenvalue weighted by Gasteiger charge is -2.05. The molecule has 2 nitrogen and oxygen atoms in total. The van der Waals surface area contributed by atoms with E-state index in [9.17, 15) is 9.18 Å². The average Bonchev–Trinajstić information content (AvgIpc) is 2.81. The van der Waals surface area contributed by atoms with Gasteiger partial charge < -0.3 is 4.74 Å². The Kier molecular flexibility index (Phi) is 3.04. The van der Waals surface area contributed by atoms with E-state index in [2.05, 4.69) is 0 Å². The van der Waals surface area contributed by atoms with Gasteiger partial charge in [-0.05, 0) is 43.0 Å². The maximum absolute atomic E-state index is 13.4. The molecule has 0 spiro atoms. The minimum absolute atomic E-state index is 0.0703. The minimum atomic E-state index is -0.494. The van der Waals surface area contributed by atoms with E-state index in [0.717, 1.165) is 24.8 Å². The highest BCUT2D eigenvalue weighted by Crippen LogP contribution is 2.24. The van der Waals surface area contributed by atoms with Crippen molar-refractivity contribution in [1.29, 1.82) is 0 Å². The number of carbonyl (C=O) groups excluding carboxylic acids is 1. The largest absolute Gasteiger partial charge is 0.494 e. The van der Waals surface area contributed by atoms with Crippen molar-refractivity contribution in [2.75, 3.05) is 7.11 Å². The van der Waals surface area contributed by atoms with Crippen molar-refractivity contribution < 1.29 is 13.9 Å². The first-order valence-electron chi connectivity index (χ1n) is 5.29. The van der Waals surface area contributed by atoms with Crippen LogP contribution in [0.2, 0.25) is 0 Å². The number of hydrogen-bond acceptors (Lipinski definition) is 2. The third-order valence-electron chi connectivity index (χ3n) is 2.75. The molecule has 1 aliphatic rings. The van der Waals surface area contributed by atoms with Crippen LogP contribution in [0, 0.1) is 5.82 Å². The van der Waals surface area contributed by atoms with Gasteiger partial charge in [-0.3, -0.25) is 4.79 Å². The van der Waals surface area contributed by atoms with Crippen LogP contribution in [0.1, 0.15) is 29.6 Å². The SMILES string of the molecule is COc1ccc(C(=O)C2=CCCC2)cc1F. The lowest BCUT2D eigenvalue weighted by atomic mass is 10.0. The predicted octanol–water partition coefficient (Wildman–Crippen LogP) is 3.13. The molecule has 16 heavy (non-hydrogen) atoms. The molecular weight excluding hydrogens is 207 g/mol. The van der Waals surface area contributed by atoms with E-state index < -0.39 is 5.82 Å². The molecule has 0 radical (unpaired) electrons. The lowest BCUT2D eigenvalue weighted by molar-refractivity contribution is 0.103. The molecule has 0 atom stereocenters. The zero-order valence-corrected chi connectivity index (χ0v) is 9.13. The number of ketones is 1. The molecule has 1 aromatic carbocycles. The molecule has 0 N–H and O–H groups in total. The molecule has 1 aliphatic carbocycles. The third-order valence-corrected chi connectivity index (χ3v) is 2.75. The Hall–Kier alpha value is -1.64. The summed E-state index contributed by atoms with van der Waals surface area (Å²) in [5.41, 5.74) is 1.19. The van der Waals surface area contributed by atoms with Gasteiger partial charge in [0, 0.05) is 5.56 Å². The van der Waals surface area contributed by atoms with E-state index in [-0.39, 0.29) is 11.5 Å². The van der Waals surface area contributed by atoms with Crippen LogP contribution in [0.3, 0.4) is 0 Å². The summed E-state index contributed by atoms with van der Waals surface area (Å²) in [5.74, 6) is -0.400. The number of ether oxygens (including phenoxy) is 1. The molecule has 3 heteroatoms. The minimum Gasteiger partial charge on any atom is -0.494 e. The lowest BCUT2D eigenvalue weighted by Crippen LogP contribution is -2.02. The molecule has 84 valence electrons. The highest BCUT2D eigenvalue weighted by molar-refractivity contribution is 6.08. The van der Waals surface area contributed by atoms with Crippen molar-refractivity contribution >= 4 is 5.78 Å². The normalized spacial score (nSPS) is 14.8. The number of allylic oxidation sites excluding steroid dienone is 2. The van der Waals surface area contributed by atoms with E-state index >= 15 is 0 Å². The summed E-state index contributed by atoms with van der Waals surface area (Å²) in [6.45, 7) is 0. The molecular formula is C13H13FO2. The quantitative estimate of drug-likeness (QED) is 0.731. The van der Waals surface area contributed by atoms with Crippen LogP contribution in [-0.2, 0) is 0 Å². The highest BCUT2D eigenvalue weighted by atomic mass is 19.1. The Morgan fingerprint density at radius 2 is 2.25 bits per heavy atom. The van der Waals surface area contributed by atoms with Crippen LogP contribution in [0.5, 0.6) is 5.75 Å². The van der Waals surface area contributed by atoms with Gasteiger partial charge in [-0.2, -0.15) is 0 Å². The topological polar surface area (TPSA) is 26.3 Å². The fourth-order valence-corrected chi connectivity index (χ4v) is 1.87. The van der Waals surface area contributed by atoms with Gasteiger partial charge in [-0.25, -0.2) is 4.39 Å². The van der Waals surface area contributed by atoms with Crippen molar-refractivity contribution in [2.24, 2.45) is 0 Å². The third kappa shape index (κ3) is 1.98. The Morgan fingerprint density at radius 3 is 2.81 bits per heavy atom. The van der Waals surface area contributed by atoms with E-state index in [1.807, 2.05) is 6.08 Å². The number of halogens is 1. The van der Waals surface area contributed by atoms with Gasteiger partial charge in [0.1, 0.15) is 0 Å². The van der Waals surface area contributed by atoms with Gasteiger partial charge in [0.15, 0.2) is 17.3 Å². The number of Topliss-reactive ketones (excluding diaryl/α,β-unsaturated/α-hetero) is 1. The van der Waals surface area contributed by atoms with Gasteiger partial charge in [-0.15, -0.1) is 0 Å². The molecule has 0 aliphatic heterocycles. The van der Waals surface area contributed by atoms with Gasteiger partial charge in [-0.1, -0.05) is 6.08 Å². The smallest absolute Gasteiger partial charge is 0.188 e. The summed E-state index contributed by atoms with van der Waals surface area (Å²) in [6.07, 6.45) is 4.69. The zero-order valence-electron chi connectivity index (χ0n) is 9.13. The van der Waals surface area contributed by atoms with E-state index in [4.69, 9.17) is 4.74 Å². The van der Waals surface area contributed by atoms with Crippen LogP contribution < -0.4 is 4.74 Å². The second kappa shape index (κ2) is 4.47. The summed E-state index contributed by atoms with van der Waals surface area (Å²) in [4.78, 5) is 11.9. The average molecular weight is 220 g/mol. The molecule has 0 aromatic heterocycles. The van der Waals surface area contributed by atoms with Gasteiger partial charge >= 0.3 is 0 Å². The fourth-order valence-electron chi connectivity index (χ4n) is 1.87. The maximum Gasteiger partial charge on any atom is 0.188 e. The van der Waals surface area contributed by atoms with Crippen LogP contribution in [0.15, 0.2) is 29.8 Å². The number of methoxy groups -OCH3 is 1. The summed E-state index contributed by atoms with van der Waals surface area (Å²) >= 11 is 0. The Balaban J connectivity index is 2.27. The van der Waals surface area contributed by atoms with Crippen molar-refractivity contribution in [3.63, 3.8) is 0 Å². The van der Waals surface area contributed by atoms with Crippen LogP contribution >= 0.6 is 0 Å². The molecule has 0 saturated carbocycles. The van der Waals surface area contributed by atoms with E-state index in [0.29, 0.717) is 5.56 Å². The summed E-state index contributed by atoms with van der Waals surface area (Å²) in [7, 11) is 1.40. The van der Waals surface area contributed by atoms with Gasteiger partial charge in [0.2, 0.25) is 0 Å². The van der Waals surface area contributed by atoms with Gasteiger partial charge in [0.05, 0.1) is 7.11 Å². The Labute approximate surface area is 93.7 Å². The molecule has 0 fully saturated rings. The molecule has 0 saturated heterocycles. The zero-order chi connectivity index (χ0) is 11.5. The molecule has 1 aromatic rings. The van der Waals surface area contributed by atoms with Crippen molar-refractivity contribution in [2.45, 2.75) is 19.3 Å². The van der Waals surface area contributed by atoms with Gasteiger partial charge in [0.25, 0.3) is 0 Å². The van der Waals surface area contributed by atoms with Crippen molar-refractivity contribution in [3.05, 3.63) is 41.2 Å². The molecule has 0 unspecified atom stereocenters. The molecule has 2 rings (SSSR count). The molecule has 0 amide bonds. The second-order valence-electron chi connectivity index (χ2n) is 3.80. The number of rotatable bonds is 3. The van der Waals surface area contributed by atoms with Crippen molar-refractivity contribution in [1.82, 2.24) is 0 Å². The molecule has 0 bridgehead atoms. The summed E-state index contributed by atoms with van der Waals surface area (Å²) in [6, 6.07) is 4.32. The van der Waals surface area contributed by atoms with Crippen LogP contribution in [0.4, 0.5) is 4.39 Å². The van der Waals surface area contributed by atoms with Crippen LogP contribution in [-0.4, -0.2) is 12.9 Å². The maximum atomic E-state index is 13.4. The van der Waals surface area contributed by atoms with Crippen LogP contribution in [0.25, 0.3) is 0 Å². The first-order valence-corrected chi connectivity index (χ1v) is 5.29. The first-order chi connectivity index (χ1) is 7.72. The highest BCUT2D eigenvalue weighted by Gasteiger charge is 2.16. The van der Waals surface area contributed by atoms with Crippen molar-refractivity contribution in [3.8, 4) is 5.75 Å².